The molecule has 0 radical (unpaired) electrons. The summed E-state index contributed by atoms with van der Waals surface area (Å²) in [5.74, 6) is -0.968. The second-order valence-corrected chi connectivity index (χ2v) is 8.86. The quantitative estimate of drug-likeness (QED) is 0.296. The topological polar surface area (TPSA) is 107 Å². The van der Waals surface area contributed by atoms with E-state index in [9.17, 15) is 19.2 Å². The maximum absolute atomic E-state index is 13.5. The number of carbonyl (C=O) groups is 4. The Labute approximate surface area is 209 Å². The van der Waals surface area contributed by atoms with Gasteiger partial charge in [-0.25, -0.2) is 0 Å². The first-order chi connectivity index (χ1) is 17.3. The highest BCUT2D eigenvalue weighted by Gasteiger charge is 2.35. The number of aryl methyl sites for hydroxylation is 2. The van der Waals surface area contributed by atoms with Crippen molar-refractivity contribution < 1.29 is 23.9 Å². The van der Waals surface area contributed by atoms with Crippen molar-refractivity contribution in [1.82, 2.24) is 4.90 Å². The molecule has 1 aliphatic rings. The zero-order valence-electron chi connectivity index (χ0n) is 20.1. The van der Waals surface area contributed by atoms with Gasteiger partial charge in [0.15, 0.2) is 5.78 Å². The fraction of sp³-hybridized carbons (Fsp3) is 0.241. The minimum atomic E-state index is -0.588. The molecular weight excluding hydrogens is 456 g/mol. The van der Waals surface area contributed by atoms with Crippen LogP contribution in [-0.2, 0) is 17.6 Å². The molecule has 7 heteroatoms. The Morgan fingerprint density at radius 3 is 2.22 bits per heavy atom. The third-order valence-electron chi connectivity index (χ3n) is 6.36. The van der Waals surface area contributed by atoms with Crippen LogP contribution in [0.5, 0.6) is 5.75 Å². The normalized spacial score (nSPS) is 14.9. The summed E-state index contributed by atoms with van der Waals surface area (Å²) in [7, 11) is 0. The third-order valence-corrected chi connectivity index (χ3v) is 6.36. The lowest BCUT2D eigenvalue weighted by atomic mass is 9.96. The first-order valence-corrected chi connectivity index (χ1v) is 11.9. The number of ether oxygens (including phenoxy) is 1. The van der Waals surface area contributed by atoms with Crippen LogP contribution >= 0.6 is 0 Å². The second kappa shape index (κ2) is 11.0. The van der Waals surface area contributed by atoms with Crippen LogP contribution in [-0.4, -0.2) is 41.1 Å². The first kappa shape index (κ1) is 24.9. The fourth-order valence-corrected chi connectivity index (χ4v) is 4.52. The van der Waals surface area contributed by atoms with Gasteiger partial charge in [-0.1, -0.05) is 30.3 Å². The number of hydrogen-bond acceptors (Lipinski definition) is 5. The summed E-state index contributed by atoms with van der Waals surface area (Å²) < 4.78 is 5.39. The van der Waals surface area contributed by atoms with Crippen LogP contribution in [0.25, 0.3) is 0 Å². The number of primary amides is 1. The Bertz CT molecular complexity index is 1280. The number of amides is 2. The first-order valence-electron chi connectivity index (χ1n) is 11.9. The smallest absolute Gasteiger partial charge is 0.308 e. The van der Waals surface area contributed by atoms with E-state index in [1.54, 1.807) is 35.2 Å². The number of carbonyl (C=O) groups excluding carboxylic acids is 4. The number of nitrogens with zero attached hydrogens (tertiary/aromatic N) is 1. The van der Waals surface area contributed by atoms with Crippen molar-refractivity contribution >= 4 is 23.6 Å². The van der Waals surface area contributed by atoms with Crippen LogP contribution in [0.2, 0.25) is 0 Å². The van der Waals surface area contributed by atoms with E-state index < -0.39 is 17.9 Å². The standard InChI is InChI=1S/C29H28N2O5/c1-19(32)36-26-16-15-24(18-23(26)10-9-20-6-3-2-4-7-20)27(33)25-8-5-17-31(25)29(35)22-13-11-21(12-14-22)28(30)34/h2-4,6-7,11-16,18,25H,5,8-10,17H2,1H3,(H2,30,34). The highest BCUT2D eigenvalue weighted by molar-refractivity contribution is 6.05. The maximum Gasteiger partial charge on any atom is 0.308 e. The van der Waals surface area contributed by atoms with Crippen LogP contribution in [0, 0.1) is 0 Å². The molecule has 3 aromatic carbocycles. The molecule has 0 spiro atoms. The number of nitrogens with two attached hydrogens (primary N) is 1. The molecule has 1 fully saturated rings. The molecule has 4 rings (SSSR count). The lowest BCUT2D eigenvalue weighted by Crippen LogP contribution is -2.40. The third kappa shape index (κ3) is 5.68. The van der Waals surface area contributed by atoms with E-state index >= 15 is 0 Å². The molecule has 0 saturated carbocycles. The van der Waals surface area contributed by atoms with E-state index in [0.29, 0.717) is 48.2 Å². The molecule has 7 nitrogen and oxygen atoms in total. The molecule has 1 saturated heterocycles. The molecule has 2 amide bonds. The van der Waals surface area contributed by atoms with E-state index in [-0.39, 0.29) is 11.7 Å². The number of hydrogen-bond donors (Lipinski definition) is 1. The van der Waals surface area contributed by atoms with Gasteiger partial charge in [0.05, 0.1) is 6.04 Å². The summed E-state index contributed by atoms with van der Waals surface area (Å²) in [4.78, 5) is 51.2. The average Bonchev–Trinajstić information content (AvgIpc) is 3.37. The lowest BCUT2D eigenvalue weighted by Gasteiger charge is -2.24. The van der Waals surface area contributed by atoms with Crippen molar-refractivity contribution in [2.45, 2.75) is 38.6 Å². The number of Topliss-reactive ketones (excluding diaryl/α,β-unsaturated/α-hetero) is 1. The summed E-state index contributed by atoms with van der Waals surface area (Å²) in [6, 6.07) is 20.5. The van der Waals surface area contributed by atoms with Crippen LogP contribution in [0.15, 0.2) is 72.8 Å². The predicted molar refractivity (Wildman–Crippen MR) is 135 cm³/mol. The zero-order valence-corrected chi connectivity index (χ0v) is 20.1. The molecule has 36 heavy (non-hydrogen) atoms. The Morgan fingerprint density at radius 1 is 0.889 bits per heavy atom. The van der Waals surface area contributed by atoms with Gasteiger partial charge < -0.3 is 15.4 Å². The fourth-order valence-electron chi connectivity index (χ4n) is 4.52. The van der Waals surface area contributed by atoms with Crippen molar-refractivity contribution in [3.63, 3.8) is 0 Å². The summed E-state index contributed by atoms with van der Waals surface area (Å²) in [5, 5.41) is 0. The molecule has 1 unspecified atom stereocenters. The molecule has 1 aliphatic heterocycles. The van der Waals surface area contributed by atoms with Crippen LogP contribution in [0.3, 0.4) is 0 Å². The van der Waals surface area contributed by atoms with Gasteiger partial charge in [0.25, 0.3) is 5.91 Å². The van der Waals surface area contributed by atoms with E-state index in [0.717, 1.165) is 17.5 Å². The molecule has 0 bridgehead atoms. The molecular formula is C29H28N2O5. The Morgan fingerprint density at radius 2 is 1.56 bits per heavy atom. The summed E-state index contributed by atoms with van der Waals surface area (Å²) >= 11 is 0. The highest BCUT2D eigenvalue weighted by Crippen LogP contribution is 2.27. The minimum absolute atomic E-state index is 0.148. The van der Waals surface area contributed by atoms with Crippen molar-refractivity contribution in [1.29, 1.82) is 0 Å². The van der Waals surface area contributed by atoms with Gasteiger partial charge in [-0.3, -0.25) is 19.2 Å². The number of rotatable bonds is 8. The summed E-state index contributed by atoms with van der Waals surface area (Å²) in [6.45, 7) is 1.82. The molecule has 2 N–H and O–H groups in total. The largest absolute Gasteiger partial charge is 0.426 e. The predicted octanol–water partition coefficient (Wildman–Crippen LogP) is 3.98. The van der Waals surface area contributed by atoms with E-state index in [1.807, 2.05) is 30.3 Å². The zero-order chi connectivity index (χ0) is 25.7. The number of benzene rings is 3. The minimum Gasteiger partial charge on any atom is -0.426 e. The van der Waals surface area contributed by atoms with Crippen LogP contribution < -0.4 is 10.5 Å². The van der Waals surface area contributed by atoms with E-state index in [2.05, 4.69) is 0 Å². The molecule has 0 aliphatic carbocycles. The van der Waals surface area contributed by atoms with Crippen molar-refractivity contribution in [3.05, 3.63) is 101 Å². The second-order valence-electron chi connectivity index (χ2n) is 8.86. The number of likely N-dealkylation sites (tertiary alicyclic amines) is 1. The van der Waals surface area contributed by atoms with Crippen molar-refractivity contribution in [2.24, 2.45) is 5.73 Å². The molecule has 3 aromatic rings. The molecule has 1 heterocycles. The SMILES string of the molecule is CC(=O)Oc1ccc(C(=O)C2CCCN2C(=O)c2ccc(C(N)=O)cc2)cc1CCc1ccccc1. The maximum atomic E-state index is 13.5. The molecule has 184 valence electrons. The van der Waals surface area contributed by atoms with Crippen molar-refractivity contribution in [3.8, 4) is 5.75 Å². The number of ketones is 1. The highest BCUT2D eigenvalue weighted by atomic mass is 16.5. The van der Waals surface area contributed by atoms with Gasteiger partial charge in [-0.2, -0.15) is 0 Å². The van der Waals surface area contributed by atoms with E-state index in [4.69, 9.17) is 10.5 Å². The van der Waals surface area contributed by atoms with Crippen LogP contribution in [0.4, 0.5) is 0 Å². The van der Waals surface area contributed by atoms with Gasteiger partial charge in [0, 0.05) is 30.2 Å². The van der Waals surface area contributed by atoms with Gasteiger partial charge in [-0.05, 0) is 79.3 Å². The van der Waals surface area contributed by atoms with Gasteiger partial charge in [-0.15, -0.1) is 0 Å². The Hall–Kier alpha value is -4.26. The lowest BCUT2D eigenvalue weighted by molar-refractivity contribution is -0.131. The van der Waals surface area contributed by atoms with Gasteiger partial charge in [0.2, 0.25) is 5.91 Å². The van der Waals surface area contributed by atoms with Gasteiger partial charge in [0.1, 0.15) is 5.75 Å². The molecule has 0 aromatic heterocycles. The monoisotopic (exact) mass is 484 g/mol. The summed E-state index contributed by atoms with van der Waals surface area (Å²) in [5.41, 5.74) is 8.37. The Kier molecular flexibility index (Phi) is 7.59. The Balaban J connectivity index is 1.55. The average molecular weight is 485 g/mol. The van der Waals surface area contributed by atoms with E-state index in [1.165, 1.54) is 19.1 Å². The summed E-state index contributed by atoms with van der Waals surface area (Å²) in [6.07, 6.45) is 2.60. The van der Waals surface area contributed by atoms with Gasteiger partial charge >= 0.3 is 5.97 Å². The number of esters is 1. The van der Waals surface area contributed by atoms with Crippen molar-refractivity contribution in [2.75, 3.05) is 6.54 Å². The van der Waals surface area contributed by atoms with Crippen LogP contribution in [0.1, 0.15) is 62.0 Å². The molecule has 1 atom stereocenters.